The predicted octanol–water partition coefficient (Wildman–Crippen LogP) is 10.5. The number of pyridine rings is 3. The summed E-state index contributed by atoms with van der Waals surface area (Å²) in [6, 6.07) is 29.5. The normalized spacial score (nSPS) is 12.4. The number of ether oxygens (including phenoxy) is 1. The molecule has 3 heterocycles. The molecule has 0 aliphatic rings. The van der Waals surface area contributed by atoms with Gasteiger partial charge in [-0.1, -0.05) is 84.0 Å². The fourth-order valence-corrected chi connectivity index (χ4v) is 5.84. The van der Waals surface area contributed by atoms with E-state index in [2.05, 4.69) is 114 Å². The maximum Gasteiger partial charge on any atom is 0.137 e. The molecule has 43 heavy (non-hydrogen) atoms. The lowest BCUT2D eigenvalue weighted by atomic mass is 9.86. The number of hydrogen-bond donors (Lipinski definition) is 0. The van der Waals surface area contributed by atoms with Crippen molar-refractivity contribution in [1.29, 1.82) is 0 Å². The Labute approximate surface area is 252 Å². The first-order valence-electron chi connectivity index (χ1n) is 14.8. The van der Waals surface area contributed by atoms with Crippen LogP contribution in [0.15, 0.2) is 104 Å². The summed E-state index contributed by atoms with van der Waals surface area (Å²) in [6.45, 7) is 13.3. The molecule has 7 rings (SSSR count). The molecule has 0 aliphatic carbocycles. The number of nitrogens with zero attached hydrogens (tertiary/aromatic N) is 3. The van der Waals surface area contributed by atoms with Gasteiger partial charge in [-0.25, -0.2) is 0 Å². The molecular weight excluding hydrogens is 526 g/mol. The Bertz CT molecular complexity index is 2100. The molecule has 0 aliphatic heterocycles. The van der Waals surface area contributed by atoms with E-state index < -0.39 is 0 Å². The maximum absolute atomic E-state index is 6.74. The summed E-state index contributed by atoms with van der Waals surface area (Å²) in [7, 11) is 0. The molecule has 0 bridgehead atoms. The second-order valence-corrected chi connectivity index (χ2v) is 13.4. The molecule has 0 saturated carbocycles. The molecule has 0 amide bonds. The van der Waals surface area contributed by atoms with Crippen LogP contribution in [0.5, 0.6) is 11.5 Å². The van der Waals surface area contributed by atoms with Gasteiger partial charge in [-0.15, -0.1) is 0 Å². The highest BCUT2D eigenvalue weighted by Gasteiger charge is 2.20. The minimum atomic E-state index is 0.00425. The molecular formula is C39H35N3O. The largest absolute Gasteiger partial charge is 0.457 e. The van der Waals surface area contributed by atoms with Crippen molar-refractivity contribution < 1.29 is 4.74 Å². The lowest BCUT2D eigenvalue weighted by molar-refractivity contribution is 0.489. The summed E-state index contributed by atoms with van der Waals surface area (Å²) in [6.07, 6.45) is 5.83. The number of rotatable bonds is 4. The number of hydrogen-bond acceptors (Lipinski definition) is 4. The van der Waals surface area contributed by atoms with Crippen LogP contribution in [0.3, 0.4) is 0 Å². The summed E-state index contributed by atoms with van der Waals surface area (Å²) in [4.78, 5) is 14.5. The molecule has 3 aromatic heterocycles. The van der Waals surface area contributed by atoms with Gasteiger partial charge < -0.3 is 4.74 Å². The average molecular weight is 562 g/mol. The third kappa shape index (κ3) is 4.87. The van der Waals surface area contributed by atoms with Gasteiger partial charge in [0.25, 0.3) is 0 Å². The van der Waals surface area contributed by atoms with E-state index in [0.717, 1.165) is 66.5 Å². The molecule has 0 fully saturated rings. The van der Waals surface area contributed by atoms with Gasteiger partial charge in [-0.3, -0.25) is 15.0 Å². The van der Waals surface area contributed by atoms with Crippen LogP contribution >= 0.6 is 0 Å². The van der Waals surface area contributed by atoms with Crippen molar-refractivity contribution in [3.63, 3.8) is 0 Å². The van der Waals surface area contributed by atoms with E-state index >= 15 is 0 Å². The zero-order valence-corrected chi connectivity index (χ0v) is 25.6. The molecule has 0 N–H and O–H groups in total. The van der Waals surface area contributed by atoms with Gasteiger partial charge in [0.2, 0.25) is 0 Å². The molecule has 4 heteroatoms. The Morgan fingerprint density at radius 1 is 0.581 bits per heavy atom. The Morgan fingerprint density at radius 2 is 1.40 bits per heavy atom. The average Bonchev–Trinajstić information content (AvgIpc) is 3.00. The molecule has 4 aromatic carbocycles. The van der Waals surface area contributed by atoms with E-state index in [1.54, 1.807) is 0 Å². The fourth-order valence-electron chi connectivity index (χ4n) is 5.84. The monoisotopic (exact) mass is 561 g/mol. The Kier molecular flexibility index (Phi) is 6.21. The van der Waals surface area contributed by atoms with Crippen LogP contribution in [0.1, 0.15) is 52.7 Å². The topological polar surface area (TPSA) is 47.9 Å². The van der Waals surface area contributed by atoms with E-state index in [4.69, 9.17) is 19.7 Å². The minimum Gasteiger partial charge on any atom is -0.457 e. The third-order valence-corrected chi connectivity index (χ3v) is 8.35. The van der Waals surface area contributed by atoms with Crippen molar-refractivity contribution in [3.8, 4) is 34.0 Å². The Morgan fingerprint density at radius 3 is 2.16 bits per heavy atom. The number of aromatic nitrogens is 3. The van der Waals surface area contributed by atoms with Gasteiger partial charge in [-0.05, 0) is 75.2 Å². The summed E-state index contributed by atoms with van der Waals surface area (Å²) in [5.41, 5.74) is 7.38. The molecule has 0 saturated heterocycles. The van der Waals surface area contributed by atoms with Gasteiger partial charge in [0.05, 0.1) is 16.9 Å². The standard InChI is InChI=1S/C39H35N3O/c1-38(2,3)26-17-18-40-34(20-26)30-21-35(31-23-42-33-12-8-9-24-13-15-29(30)37(31)36(24)33)43-28-11-7-10-25(19-28)32-16-14-27(22-41-32)39(4,5)6/h7-23H,1-6H3. The van der Waals surface area contributed by atoms with Gasteiger partial charge in [0, 0.05) is 45.9 Å². The molecule has 0 atom stereocenters. The van der Waals surface area contributed by atoms with Crippen molar-refractivity contribution in [2.45, 2.75) is 52.4 Å². The lowest BCUT2D eigenvalue weighted by Gasteiger charge is -2.21. The van der Waals surface area contributed by atoms with Crippen molar-refractivity contribution in [1.82, 2.24) is 15.0 Å². The van der Waals surface area contributed by atoms with E-state index in [0.29, 0.717) is 0 Å². The summed E-state index contributed by atoms with van der Waals surface area (Å²) < 4.78 is 6.74. The fraction of sp³-hybridized carbons (Fsp3) is 0.205. The predicted molar refractivity (Wildman–Crippen MR) is 178 cm³/mol. The lowest BCUT2D eigenvalue weighted by Crippen LogP contribution is -2.11. The second-order valence-electron chi connectivity index (χ2n) is 13.4. The first-order chi connectivity index (χ1) is 20.6. The van der Waals surface area contributed by atoms with E-state index in [1.807, 2.05) is 30.7 Å². The van der Waals surface area contributed by atoms with E-state index in [1.165, 1.54) is 11.1 Å². The highest BCUT2D eigenvalue weighted by Crippen LogP contribution is 2.44. The number of benzene rings is 4. The smallest absolute Gasteiger partial charge is 0.137 e. The minimum absolute atomic E-state index is 0.00425. The third-order valence-electron chi connectivity index (χ3n) is 8.35. The van der Waals surface area contributed by atoms with Gasteiger partial charge in [0.15, 0.2) is 0 Å². The van der Waals surface area contributed by atoms with Crippen molar-refractivity contribution in [3.05, 3.63) is 115 Å². The van der Waals surface area contributed by atoms with E-state index in [9.17, 15) is 0 Å². The molecule has 7 aromatic rings. The summed E-state index contributed by atoms with van der Waals surface area (Å²) >= 11 is 0. The van der Waals surface area contributed by atoms with Crippen LogP contribution in [0.25, 0.3) is 55.0 Å². The Balaban J connectivity index is 1.40. The highest BCUT2D eigenvalue weighted by molar-refractivity contribution is 6.25. The van der Waals surface area contributed by atoms with E-state index in [-0.39, 0.29) is 10.8 Å². The Hall–Kier alpha value is -4.83. The van der Waals surface area contributed by atoms with Crippen LogP contribution in [0.4, 0.5) is 0 Å². The maximum atomic E-state index is 6.74. The van der Waals surface area contributed by atoms with Gasteiger partial charge in [0.1, 0.15) is 11.5 Å². The highest BCUT2D eigenvalue weighted by atomic mass is 16.5. The van der Waals surface area contributed by atoms with Gasteiger partial charge in [-0.2, -0.15) is 0 Å². The SMILES string of the molecule is CC(C)(C)c1ccc(-c2cccc(Oc3cc(-c4cc(C(C)(C)C)ccn4)c4ccc5cccc6ncc3c4c56)c2)nc1. The zero-order chi connectivity index (χ0) is 29.9. The van der Waals surface area contributed by atoms with Crippen LogP contribution in [-0.4, -0.2) is 15.0 Å². The molecule has 0 radical (unpaired) electrons. The summed E-state index contributed by atoms with van der Waals surface area (Å²) in [5, 5.41) is 5.58. The van der Waals surface area contributed by atoms with Crippen molar-refractivity contribution >= 4 is 32.4 Å². The first kappa shape index (κ1) is 27.0. The van der Waals surface area contributed by atoms with Crippen LogP contribution < -0.4 is 4.74 Å². The zero-order valence-electron chi connectivity index (χ0n) is 25.6. The van der Waals surface area contributed by atoms with Gasteiger partial charge >= 0.3 is 0 Å². The van der Waals surface area contributed by atoms with Crippen LogP contribution in [-0.2, 0) is 10.8 Å². The molecule has 4 nitrogen and oxygen atoms in total. The quantitative estimate of drug-likeness (QED) is 0.201. The molecule has 0 spiro atoms. The summed E-state index contributed by atoms with van der Waals surface area (Å²) in [5.74, 6) is 1.50. The molecule has 212 valence electrons. The second kappa shape index (κ2) is 9.88. The molecule has 0 unspecified atom stereocenters. The van der Waals surface area contributed by atoms with Crippen LogP contribution in [0.2, 0.25) is 0 Å². The van der Waals surface area contributed by atoms with Crippen molar-refractivity contribution in [2.24, 2.45) is 0 Å². The first-order valence-corrected chi connectivity index (χ1v) is 14.8. The van der Waals surface area contributed by atoms with Crippen LogP contribution in [0, 0.1) is 0 Å². The van der Waals surface area contributed by atoms with Crippen molar-refractivity contribution in [2.75, 3.05) is 0 Å².